The number of phosphoric ester groups is 1. The van der Waals surface area contributed by atoms with E-state index in [1.54, 1.807) is 0 Å². The molecule has 3 aliphatic heterocycles. The number of aliphatic hydroxyl groups is 8. The highest BCUT2D eigenvalue weighted by atomic mass is 32.3. The lowest BCUT2D eigenvalue weighted by Gasteiger charge is -2.46. The normalized spacial score (nSPS) is 26.7. The van der Waals surface area contributed by atoms with E-state index in [0.29, 0.717) is 73.8 Å². The number of hydrogen-bond donors (Lipinski definition) is 10. The summed E-state index contributed by atoms with van der Waals surface area (Å²) in [6.07, 6.45) is 16.5. The molecule has 0 aromatic heterocycles. The Kier molecular flexibility index (Phi) is 68.1. The topological polar surface area (TPSA) is 374 Å². The molecule has 30 unspecified atom stereocenters. The van der Waals surface area contributed by atoms with Gasteiger partial charge in [0.05, 0.1) is 46.2 Å². The van der Waals surface area contributed by atoms with Gasteiger partial charge in [-0.3, -0.25) is 13.6 Å². The molecule has 3 heterocycles. The lowest BCUT2D eigenvalue weighted by atomic mass is 9.91. The van der Waals surface area contributed by atoms with E-state index in [1.807, 2.05) is 0 Å². The van der Waals surface area contributed by atoms with Gasteiger partial charge >= 0.3 is 18.2 Å². The third-order valence-corrected chi connectivity index (χ3v) is 29.9. The monoisotopic (exact) mass is 1930 g/mol. The van der Waals surface area contributed by atoms with Crippen molar-refractivity contribution < 1.29 is 124 Å². The van der Waals surface area contributed by atoms with Crippen LogP contribution in [0, 0.1) is 94.7 Å². The molecule has 132 heavy (non-hydrogen) atoms. The van der Waals surface area contributed by atoms with Gasteiger partial charge in [-0.15, -0.1) is 0 Å². The summed E-state index contributed by atoms with van der Waals surface area (Å²) in [5.74, 6) is 10.1. The molecule has 0 spiro atoms. The molecule has 0 aromatic carbocycles. The first-order valence-corrected chi connectivity index (χ1v) is 56.2. The van der Waals surface area contributed by atoms with E-state index >= 15 is 0 Å². The molecule has 3 saturated heterocycles. The summed E-state index contributed by atoms with van der Waals surface area (Å²) >= 11 is 0. The molecular weight excluding hydrogens is 1730 g/mol. The fraction of sp³-hybridized carbons (Fsp3) is 1.00. The van der Waals surface area contributed by atoms with Crippen molar-refractivity contribution in [1.29, 1.82) is 0 Å². The van der Waals surface area contributed by atoms with Crippen LogP contribution in [-0.2, 0) is 75.6 Å². The van der Waals surface area contributed by atoms with Crippen molar-refractivity contribution in [2.75, 3.05) is 72.7 Å². The second kappa shape index (κ2) is 71.7. The molecular formula is C104H205O26PS. The molecule has 0 aliphatic carbocycles. The average molecular weight is 1930 g/mol. The Labute approximate surface area is 804 Å². The third-order valence-electron chi connectivity index (χ3n) is 28.5. The van der Waals surface area contributed by atoms with Crippen LogP contribution in [0.5, 0.6) is 0 Å². The Balaban J connectivity index is 1.91. The minimum Gasteiger partial charge on any atom is -0.394 e. The maximum absolute atomic E-state index is 14.2. The molecule has 28 heteroatoms. The van der Waals surface area contributed by atoms with Crippen molar-refractivity contribution >= 4 is 18.2 Å². The Morgan fingerprint density at radius 1 is 0.295 bits per heavy atom. The largest absolute Gasteiger partial charge is 0.472 e. The number of rotatable bonds is 83. The van der Waals surface area contributed by atoms with Crippen LogP contribution < -0.4 is 0 Å². The predicted molar refractivity (Wildman–Crippen MR) is 525 cm³/mol. The van der Waals surface area contributed by atoms with Gasteiger partial charge in [0, 0.05) is 26.4 Å². The predicted octanol–water partition coefficient (Wildman–Crippen LogP) is 21.1. The zero-order valence-corrected chi connectivity index (χ0v) is 88.7. The van der Waals surface area contributed by atoms with Gasteiger partial charge in [-0.1, -0.05) is 370 Å². The Morgan fingerprint density at radius 3 is 0.924 bits per heavy atom. The summed E-state index contributed by atoms with van der Waals surface area (Å²) in [5.41, 5.74) is 0. The van der Waals surface area contributed by atoms with Crippen LogP contribution in [0.2, 0.25) is 0 Å². The van der Waals surface area contributed by atoms with Crippen LogP contribution in [0.15, 0.2) is 0 Å². The zero-order valence-electron chi connectivity index (χ0n) is 87.0. The van der Waals surface area contributed by atoms with E-state index in [-0.39, 0.29) is 19.8 Å². The van der Waals surface area contributed by atoms with Crippen molar-refractivity contribution in [3.63, 3.8) is 0 Å². The van der Waals surface area contributed by atoms with Crippen LogP contribution in [0.4, 0.5) is 0 Å². The van der Waals surface area contributed by atoms with E-state index in [0.717, 1.165) is 137 Å². The standard InChI is InChI=1S/C104H205O26PS/c1-72(2)33-21-37-76(9)41-25-45-80(13)49-29-53-84(17)57-61-118-66-88(120-63-59-86(19)55-31-51-82(15)47-27-43-78(11)39-23-35-74(5)6)68-122-104-101(129-103-98(111)96(109)93(106)91(127-103)70-123-102-99(112)100(130-132(115,116)117)95(108)90(65-105)126-102)97(110)94(107)92(128-104)71-125-131(113,114)124-69-89(121-64-60-87(20)56-32-52-83(16)48-28-44-79(12)40-24-36-75(7)8)67-119-62-58-85(18)54-30-50-81(14)46-26-42-77(10)38-22-34-73(3)4/h72-112H,21-71H2,1-20H3,(H,113,114)(H,115,116,117). The van der Waals surface area contributed by atoms with Gasteiger partial charge in [0.15, 0.2) is 18.9 Å². The van der Waals surface area contributed by atoms with Crippen LogP contribution >= 0.6 is 7.82 Å². The van der Waals surface area contributed by atoms with E-state index in [2.05, 4.69) is 143 Å². The summed E-state index contributed by atoms with van der Waals surface area (Å²) in [7, 11) is -10.3. The van der Waals surface area contributed by atoms with Crippen molar-refractivity contribution in [2.24, 2.45) is 94.7 Å². The van der Waals surface area contributed by atoms with E-state index < -0.39 is 149 Å². The van der Waals surface area contributed by atoms with Gasteiger partial charge in [-0.05, 0) is 120 Å². The van der Waals surface area contributed by atoms with Gasteiger partial charge in [0.1, 0.15) is 85.5 Å². The quantitative estimate of drug-likeness (QED) is 0.0154. The average Bonchev–Trinajstić information content (AvgIpc) is 0.785. The van der Waals surface area contributed by atoms with E-state index in [1.165, 1.54) is 167 Å². The lowest BCUT2D eigenvalue weighted by molar-refractivity contribution is -0.373. The molecule has 788 valence electrons. The minimum absolute atomic E-state index is 0.0725. The fourth-order valence-corrected chi connectivity index (χ4v) is 20.0. The van der Waals surface area contributed by atoms with Crippen molar-refractivity contribution in [1.82, 2.24) is 0 Å². The highest BCUT2D eigenvalue weighted by Crippen LogP contribution is 2.45. The molecule has 0 amide bonds. The molecule has 0 radical (unpaired) electrons. The number of aliphatic hydroxyl groups excluding tert-OH is 8. The first-order chi connectivity index (χ1) is 62.5. The molecule has 10 N–H and O–H groups in total. The summed E-state index contributed by atoms with van der Waals surface area (Å²) < 4.78 is 126. The molecule has 0 bridgehead atoms. The van der Waals surface area contributed by atoms with Gasteiger partial charge in [0.25, 0.3) is 0 Å². The lowest BCUT2D eigenvalue weighted by Crippen LogP contribution is -2.65. The smallest absolute Gasteiger partial charge is 0.394 e. The highest BCUT2D eigenvalue weighted by Gasteiger charge is 2.53. The van der Waals surface area contributed by atoms with Crippen LogP contribution in [-0.4, -0.2) is 236 Å². The Hall–Kier alpha value is -0.740. The molecule has 0 saturated carbocycles. The molecule has 3 aliphatic rings. The summed E-state index contributed by atoms with van der Waals surface area (Å²) in [6, 6.07) is 0. The van der Waals surface area contributed by atoms with Gasteiger partial charge in [-0.2, -0.15) is 8.42 Å². The summed E-state index contributed by atoms with van der Waals surface area (Å²) in [4.78, 5) is 11.6. The maximum atomic E-state index is 14.2. The Bertz CT molecular complexity index is 2910. The van der Waals surface area contributed by atoms with Gasteiger partial charge < -0.3 is 93.1 Å². The highest BCUT2D eigenvalue weighted by molar-refractivity contribution is 7.80. The second-order valence-electron chi connectivity index (χ2n) is 44.4. The van der Waals surface area contributed by atoms with Crippen LogP contribution in [0.3, 0.4) is 0 Å². The third kappa shape index (κ3) is 58.7. The zero-order chi connectivity index (χ0) is 98.3. The molecule has 26 nitrogen and oxygen atoms in total. The van der Waals surface area contributed by atoms with Crippen LogP contribution in [0.1, 0.15) is 395 Å². The number of ether oxygens (including phenoxy) is 10. The SMILES string of the molecule is CC(C)CCCC(C)CCCC(C)CCCC(C)CCOCC(COC1OC(COP(=O)(O)OCC(COCCC(C)CCCC(C)CCCC(C)CCCC(C)C)OCCC(C)CCCC(C)CCCC(C)CCCC(C)C)C(O)C(O)C1OC1OC(COC2OC(CO)C(O)C(OS(=O)(=O)O)C2O)C(O)C(O)C1O)OCCC(C)CCCC(C)CCCC(C)CCCC(C)C. The number of hydrogen-bond acceptors (Lipinski definition) is 24. The maximum Gasteiger partial charge on any atom is 0.472 e. The molecule has 0 aromatic rings. The van der Waals surface area contributed by atoms with Crippen molar-refractivity contribution in [3.8, 4) is 0 Å². The molecule has 3 rings (SSSR count). The minimum atomic E-state index is -5.30. The Morgan fingerprint density at radius 2 is 0.591 bits per heavy atom. The molecule has 3 fully saturated rings. The summed E-state index contributed by atoms with van der Waals surface area (Å²) in [6.45, 7) is 44.8. The van der Waals surface area contributed by atoms with E-state index in [4.69, 9.17) is 56.4 Å². The van der Waals surface area contributed by atoms with Gasteiger partial charge in [0.2, 0.25) is 0 Å². The second-order valence-corrected chi connectivity index (χ2v) is 46.9. The van der Waals surface area contributed by atoms with E-state index in [9.17, 15) is 63.3 Å². The van der Waals surface area contributed by atoms with Gasteiger partial charge in [-0.25, -0.2) is 8.75 Å². The van der Waals surface area contributed by atoms with Crippen molar-refractivity contribution in [3.05, 3.63) is 0 Å². The first kappa shape index (κ1) is 125. The number of phosphoric acid groups is 1. The molecule has 30 atom stereocenters. The first-order valence-electron chi connectivity index (χ1n) is 53.3. The fourth-order valence-electron chi connectivity index (χ4n) is 18.8. The van der Waals surface area contributed by atoms with Crippen molar-refractivity contribution in [2.45, 2.75) is 500 Å². The summed E-state index contributed by atoms with van der Waals surface area (Å²) in [5, 5.41) is 90.6. The van der Waals surface area contributed by atoms with Crippen LogP contribution in [0.25, 0.3) is 0 Å².